The number of carbonyl (C=O) groups is 1. The fourth-order valence-electron chi connectivity index (χ4n) is 3.09. The molecule has 0 spiro atoms. The van der Waals surface area contributed by atoms with Crippen molar-refractivity contribution >= 4 is 30.7 Å². The first-order valence-corrected chi connectivity index (χ1v) is 8.60. The highest BCUT2D eigenvalue weighted by atomic mass is 35.5. The van der Waals surface area contributed by atoms with E-state index in [1.807, 2.05) is 29.2 Å². The van der Waals surface area contributed by atoms with E-state index >= 15 is 0 Å². The second-order valence-corrected chi connectivity index (χ2v) is 6.93. The molecule has 2 heterocycles. The van der Waals surface area contributed by atoms with Gasteiger partial charge in [-0.25, -0.2) is 4.98 Å². The Morgan fingerprint density at radius 1 is 1.33 bits per heavy atom. The predicted molar refractivity (Wildman–Crippen MR) is 110 cm³/mol. The van der Waals surface area contributed by atoms with Gasteiger partial charge in [0.25, 0.3) is 0 Å². The molecule has 1 fully saturated rings. The van der Waals surface area contributed by atoms with Gasteiger partial charge in [0, 0.05) is 31.5 Å². The largest absolute Gasteiger partial charge is 0.497 e. The summed E-state index contributed by atoms with van der Waals surface area (Å²) < 4.78 is 10.9. The minimum absolute atomic E-state index is 0. The molecule has 2 N–H and O–H groups in total. The molecule has 1 atom stereocenters. The molecule has 150 valence electrons. The van der Waals surface area contributed by atoms with E-state index in [4.69, 9.17) is 14.9 Å². The number of methoxy groups -OCH3 is 1. The van der Waals surface area contributed by atoms with Gasteiger partial charge < -0.3 is 19.8 Å². The first-order valence-electron chi connectivity index (χ1n) is 8.60. The number of aryl methyl sites for hydroxylation is 1. The zero-order valence-corrected chi connectivity index (χ0v) is 17.3. The van der Waals surface area contributed by atoms with Crippen LogP contribution < -0.4 is 10.5 Å². The molecule has 1 amide bonds. The van der Waals surface area contributed by atoms with Gasteiger partial charge in [-0.05, 0) is 42.6 Å². The average Bonchev–Trinajstić information content (AvgIpc) is 3.27. The number of nitrogens with zero attached hydrogens (tertiary/aromatic N) is 2. The number of hydrogen-bond acceptors (Lipinski definition) is 5. The number of halogens is 2. The van der Waals surface area contributed by atoms with E-state index < -0.39 is 0 Å². The van der Waals surface area contributed by atoms with E-state index in [1.54, 1.807) is 13.3 Å². The van der Waals surface area contributed by atoms with Crippen LogP contribution in [0, 0.1) is 5.41 Å². The second-order valence-electron chi connectivity index (χ2n) is 6.93. The van der Waals surface area contributed by atoms with Crippen molar-refractivity contribution in [1.29, 1.82) is 0 Å². The Morgan fingerprint density at radius 2 is 2.04 bits per heavy atom. The first-order chi connectivity index (χ1) is 12.0. The van der Waals surface area contributed by atoms with E-state index in [0.29, 0.717) is 31.0 Å². The van der Waals surface area contributed by atoms with Crippen LogP contribution in [-0.4, -0.2) is 42.5 Å². The lowest BCUT2D eigenvalue weighted by molar-refractivity contribution is -0.130. The van der Waals surface area contributed by atoms with Crippen molar-refractivity contribution in [2.45, 2.75) is 26.2 Å². The Bertz CT molecular complexity index is 736. The normalized spacial score (nSPS) is 18.6. The van der Waals surface area contributed by atoms with E-state index in [9.17, 15) is 4.79 Å². The summed E-state index contributed by atoms with van der Waals surface area (Å²) in [5.74, 6) is 2.22. The number of oxazole rings is 1. The van der Waals surface area contributed by atoms with Crippen LogP contribution in [0.15, 0.2) is 34.9 Å². The highest BCUT2D eigenvalue weighted by Crippen LogP contribution is 2.29. The van der Waals surface area contributed by atoms with E-state index in [0.717, 1.165) is 30.8 Å². The molecule has 0 aliphatic carbocycles. The maximum absolute atomic E-state index is 12.4. The molecule has 1 aromatic heterocycles. The highest BCUT2D eigenvalue weighted by molar-refractivity contribution is 5.85. The Morgan fingerprint density at radius 3 is 2.63 bits per heavy atom. The third kappa shape index (κ3) is 5.61. The molecule has 8 heteroatoms. The fraction of sp³-hybridized carbons (Fsp3) is 0.474. The molecular formula is C19H27Cl2N3O3. The van der Waals surface area contributed by atoms with Crippen molar-refractivity contribution < 1.29 is 13.9 Å². The van der Waals surface area contributed by atoms with E-state index in [2.05, 4.69) is 11.9 Å². The van der Waals surface area contributed by atoms with Crippen molar-refractivity contribution in [2.75, 3.05) is 26.7 Å². The summed E-state index contributed by atoms with van der Waals surface area (Å²) in [6.45, 7) is 4.28. The molecule has 6 nitrogen and oxygen atoms in total. The van der Waals surface area contributed by atoms with Crippen molar-refractivity contribution in [2.24, 2.45) is 11.1 Å². The number of rotatable bonds is 6. The van der Waals surface area contributed by atoms with Gasteiger partial charge >= 0.3 is 0 Å². The molecule has 1 aliphatic heterocycles. The summed E-state index contributed by atoms with van der Waals surface area (Å²) in [5.41, 5.74) is 6.79. The summed E-state index contributed by atoms with van der Waals surface area (Å²) in [6.07, 6.45) is 3.58. The predicted octanol–water partition coefficient (Wildman–Crippen LogP) is 3.32. The number of carbonyl (C=O) groups excluding carboxylic acids is 1. The van der Waals surface area contributed by atoms with Gasteiger partial charge in [-0.3, -0.25) is 4.79 Å². The van der Waals surface area contributed by atoms with E-state index in [-0.39, 0.29) is 36.1 Å². The van der Waals surface area contributed by atoms with Crippen LogP contribution in [0.25, 0.3) is 11.3 Å². The summed E-state index contributed by atoms with van der Waals surface area (Å²) in [7, 11) is 1.63. The molecule has 1 aromatic carbocycles. The van der Waals surface area contributed by atoms with Crippen LogP contribution in [0.3, 0.4) is 0 Å². The number of benzene rings is 1. The summed E-state index contributed by atoms with van der Waals surface area (Å²) in [6, 6.07) is 7.60. The molecule has 3 rings (SSSR count). The molecular weight excluding hydrogens is 389 g/mol. The van der Waals surface area contributed by atoms with Crippen molar-refractivity contribution in [3.8, 4) is 17.1 Å². The molecule has 1 unspecified atom stereocenters. The number of hydrogen-bond donors (Lipinski definition) is 1. The number of likely N-dealkylation sites (tertiary alicyclic amines) is 1. The fourth-order valence-corrected chi connectivity index (χ4v) is 3.09. The van der Waals surface area contributed by atoms with Gasteiger partial charge in [0.1, 0.15) is 5.75 Å². The number of aromatic nitrogens is 1. The molecule has 27 heavy (non-hydrogen) atoms. The zero-order valence-electron chi connectivity index (χ0n) is 15.6. The van der Waals surface area contributed by atoms with Gasteiger partial charge in [-0.15, -0.1) is 24.8 Å². The van der Waals surface area contributed by atoms with Crippen LogP contribution in [0.5, 0.6) is 5.75 Å². The minimum atomic E-state index is 0. The Hall–Kier alpha value is -1.76. The van der Waals surface area contributed by atoms with Gasteiger partial charge in [-0.1, -0.05) is 6.92 Å². The van der Waals surface area contributed by atoms with Crippen LogP contribution in [0.2, 0.25) is 0 Å². The van der Waals surface area contributed by atoms with Crippen molar-refractivity contribution in [3.63, 3.8) is 0 Å². The van der Waals surface area contributed by atoms with Gasteiger partial charge in [0.15, 0.2) is 11.7 Å². The molecule has 2 aromatic rings. The SMILES string of the molecule is COc1ccc(-c2cnc(CCC(=O)N3CCC(C)(CN)C3)o2)cc1.Cl.Cl. The third-order valence-electron chi connectivity index (χ3n) is 4.88. The number of ether oxygens (including phenoxy) is 1. The van der Waals surface area contributed by atoms with Gasteiger partial charge in [0.2, 0.25) is 5.91 Å². The zero-order chi connectivity index (χ0) is 17.9. The molecule has 1 saturated heterocycles. The number of nitrogens with two attached hydrogens (primary N) is 1. The summed E-state index contributed by atoms with van der Waals surface area (Å²) in [5, 5.41) is 0. The van der Waals surface area contributed by atoms with Crippen molar-refractivity contribution in [3.05, 3.63) is 36.4 Å². The van der Waals surface area contributed by atoms with Crippen LogP contribution in [0.1, 0.15) is 25.7 Å². The Labute approximate surface area is 172 Å². The average molecular weight is 416 g/mol. The minimum Gasteiger partial charge on any atom is -0.497 e. The monoisotopic (exact) mass is 415 g/mol. The number of amides is 1. The summed E-state index contributed by atoms with van der Waals surface area (Å²) in [4.78, 5) is 18.6. The smallest absolute Gasteiger partial charge is 0.223 e. The van der Waals surface area contributed by atoms with Gasteiger partial charge in [-0.2, -0.15) is 0 Å². The molecule has 0 bridgehead atoms. The molecule has 1 aliphatic rings. The third-order valence-corrected chi connectivity index (χ3v) is 4.88. The lowest BCUT2D eigenvalue weighted by Gasteiger charge is -2.22. The van der Waals surface area contributed by atoms with Crippen LogP contribution >= 0.6 is 24.8 Å². The maximum atomic E-state index is 12.4. The summed E-state index contributed by atoms with van der Waals surface area (Å²) >= 11 is 0. The Balaban J connectivity index is 0.00000182. The molecule has 0 saturated carbocycles. The van der Waals surface area contributed by atoms with Gasteiger partial charge in [0.05, 0.1) is 13.3 Å². The Kier molecular flexibility index (Phi) is 8.59. The lowest BCUT2D eigenvalue weighted by atomic mass is 9.90. The standard InChI is InChI=1S/C19H25N3O3.2ClH/c1-19(12-20)9-10-22(13-19)18(23)8-7-17-21-11-16(25-17)14-3-5-15(24-2)6-4-14;;/h3-6,11H,7-10,12-13,20H2,1-2H3;2*1H. The lowest BCUT2D eigenvalue weighted by Crippen LogP contribution is -2.34. The quantitative estimate of drug-likeness (QED) is 0.781. The van der Waals surface area contributed by atoms with Crippen LogP contribution in [0.4, 0.5) is 0 Å². The first kappa shape index (κ1) is 23.3. The topological polar surface area (TPSA) is 81.6 Å². The maximum Gasteiger partial charge on any atom is 0.223 e. The van der Waals surface area contributed by atoms with E-state index in [1.165, 1.54) is 0 Å². The molecule has 0 radical (unpaired) electrons. The second kappa shape index (κ2) is 9.97. The van der Waals surface area contributed by atoms with Crippen molar-refractivity contribution in [1.82, 2.24) is 9.88 Å². The highest BCUT2D eigenvalue weighted by Gasteiger charge is 2.34. The van der Waals surface area contributed by atoms with Crippen LogP contribution in [-0.2, 0) is 11.2 Å².